The number of hydrogen-bond donors (Lipinski definition) is 2. The van der Waals surface area contributed by atoms with E-state index in [-0.39, 0.29) is 11.3 Å². The van der Waals surface area contributed by atoms with E-state index in [9.17, 15) is 14.0 Å². The molecule has 4 rings (SSSR count). The fourth-order valence-corrected chi connectivity index (χ4v) is 3.82. The largest absolute Gasteiger partial charge is 0.364 e. The van der Waals surface area contributed by atoms with E-state index in [1.165, 1.54) is 29.8 Å². The van der Waals surface area contributed by atoms with Crippen molar-refractivity contribution < 1.29 is 14.0 Å². The first-order valence-electron chi connectivity index (χ1n) is 10.7. The van der Waals surface area contributed by atoms with Gasteiger partial charge in [-0.05, 0) is 65.1 Å². The van der Waals surface area contributed by atoms with Crippen LogP contribution in [0.3, 0.4) is 0 Å². The zero-order valence-electron chi connectivity index (χ0n) is 18.9. The Kier molecular flexibility index (Phi) is 5.77. The number of anilines is 1. The minimum atomic E-state index is -0.519. The summed E-state index contributed by atoms with van der Waals surface area (Å²) in [7, 11) is 0. The second-order valence-electron chi connectivity index (χ2n) is 9.16. The van der Waals surface area contributed by atoms with Crippen LogP contribution in [0.1, 0.15) is 52.7 Å². The number of nitrogens with one attached hydrogen (secondary N) is 1. The third-order valence-electron chi connectivity index (χ3n) is 5.68. The Hall–Kier alpha value is -3.93. The van der Waals surface area contributed by atoms with Gasteiger partial charge in [-0.15, -0.1) is 0 Å². The molecule has 0 saturated heterocycles. The van der Waals surface area contributed by atoms with Crippen LogP contribution in [-0.2, 0) is 12.0 Å². The molecule has 1 heterocycles. The van der Waals surface area contributed by atoms with E-state index < -0.39 is 11.7 Å². The van der Waals surface area contributed by atoms with E-state index in [0.717, 1.165) is 16.5 Å². The van der Waals surface area contributed by atoms with Gasteiger partial charge >= 0.3 is 0 Å². The molecule has 0 atom stereocenters. The van der Waals surface area contributed by atoms with Crippen LogP contribution in [0, 0.1) is 5.82 Å². The van der Waals surface area contributed by atoms with Gasteiger partial charge in [-0.1, -0.05) is 45.0 Å². The van der Waals surface area contributed by atoms with Gasteiger partial charge in [-0.2, -0.15) is 0 Å². The third kappa shape index (κ3) is 4.80. The van der Waals surface area contributed by atoms with Crippen molar-refractivity contribution in [1.29, 1.82) is 0 Å². The van der Waals surface area contributed by atoms with Gasteiger partial charge in [0.15, 0.2) is 0 Å². The van der Waals surface area contributed by atoms with E-state index in [1.807, 2.05) is 10.6 Å². The standard InChI is InChI=1S/C27H26FN3O2/c1-27(2,3)20-8-4-17(5-9-20)16-31-23-13-12-22(14-19(23)15-24(31)25(29)32)30-26(33)18-6-10-21(28)11-7-18/h4-15H,16H2,1-3H3,(H2,29,32)(H,30,33). The molecule has 0 fully saturated rings. The van der Waals surface area contributed by atoms with Crippen molar-refractivity contribution in [3.8, 4) is 0 Å². The summed E-state index contributed by atoms with van der Waals surface area (Å²) in [4.78, 5) is 24.6. The zero-order valence-corrected chi connectivity index (χ0v) is 18.9. The molecule has 3 aromatic carbocycles. The van der Waals surface area contributed by atoms with Gasteiger partial charge in [0, 0.05) is 28.7 Å². The number of nitrogens with zero attached hydrogens (tertiary/aromatic N) is 1. The highest BCUT2D eigenvalue weighted by atomic mass is 19.1. The maximum absolute atomic E-state index is 13.1. The summed E-state index contributed by atoms with van der Waals surface area (Å²) in [5, 5.41) is 3.60. The number of rotatable bonds is 5. The van der Waals surface area contributed by atoms with Gasteiger partial charge in [0.05, 0.1) is 0 Å². The highest BCUT2D eigenvalue weighted by Gasteiger charge is 2.16. The molecule has 0 aliphatic carbocycles. The fraction of sp³-hybridized carbons (Fsp3) is 0.185. The third-order valence-corrected chi connectivity index (χ3v) is 5.68. The number of fused-ring (bicyclic) bond motifs is 1. The lowest BCUT2D eigenvalue weighted by Crippen LogP contribution is -2.17. The van der Waals surface area contributed by atoms with Crippen LogP contribution in [-0.4, -0.2) is 16.4 Å². The Morgan fingerprint density at radius 1 is 0.939 bits per heavy atom. The quantitative estimate of drug-likeness (QED) is 0.429. The summed E-state index contributed by atoms with van der Waals surface area (Å²) < 4.78 is 15.0. The van der Waals surface area contributed by atoms with Crippen LogP contribution in [0.25, 0.3) is 10.9 Å². The number of primary amides is 1. The van der Waals surface area contributed by atoms with Gasteiger partial charge in [-0.3, -0.25) is 9.59 Å². The normalized spacial score (nSPS) is 11.5. The average molecular weight is 444 g/mol. The Morgan fingerprint density at radius 2 is 1.61 bits per heavy atom. The van der Waals surface area contributed by atoms with E-state index in [2.05, 4.69) is 50.4 Å². The lowest BCUT2D eigenvalue weighted by molar-refractivity contribution is 0.0990. The first-order valence-corrected chi connectivity index (χ1v) is 10.7. The predicted molar refractivity (Wildman–Crippen MR) is 129 cm³/mol. The predicted octanol–water partition coefficient (Wildman–Crippen LogP) is 5.48. The zero-order chi connectivity index (χ0) is 23.8. The molecule has 0 spiro atoms. The number of amides is 2. The number of halogens is 1. The number of benzene rings is 3. The van der Waals surface area contributed by atoms with Crippen molar-refractivity contribution in [3.63, 3.8) is 0 Å². The van der Waals surface area contributed by atoms with Gasteiger partial charge in [0.2, 0.25) is 0 Å². The van der Waals surface area contributed by atoms with Crippen molar-refractivity contribution >= 4 is 28.4 Å². The topological polar surface area (TPSA) is 77.1 Å². The molecule has 168 valence electrons. The molecule has 0 bridgehead atoms. The SMILES string of the molecule is CC(C)(C)c1ccc(Cn2c(C(N)=O)cc3cc(NC(=O)c4ccc(F)cc4)ccc32)cc1. The van der Waals surface area contributed by atoms with E-state index >= 15 is 0 Å². The maximum Gasteiger partial charge on any atom is 0.265 e. The van der Waals surface area contributed by atoms with Crippen molar-refractivity contribution in [3.05, 3.63) is 101 Å². The van der Waals surface area contributed by atoms with E-state index in [1.54, 1.807) is 18.2 Å². The van der Waals surface area contributed by atoms with Crippen LogP contribution in [0.4, 0.5) is 10.1 Å². The van der Waals surface area contributed by atoms with Crippen LogP contribution in [0.5, 0.6) is 0 Å². The summed E-state index contributed by atoms with van der Waals surface area (Å²) in [6, 6.07) is 20.8. The van der Waals surface area contributed by atoms with Crippen molar-refractivity contribution in [2.24, 2.45) is 5.73 Å². The molecule has 4 aromatic rings. The van der Waals surface area contributed by atoms with Crippen LogP contribution in [0.2, 0.25) is 0 Å². The first kappa shape index (κ1) is 22.3. The average Bonchev–Trinajstić information content (AvgIpc) is 3.12. The van der Waals surface area contributed by atoms with Crippen LogP contribution < -0.4 is 11.1 Å². The molecular formula is C27H26FN3O2. The summed E-state index contributed by atoms with van der Waals surface area (Å²) in [6.45, 7) is 6.99. The van der Waals surface area contributed by atoms with Crippen molar-refractivity contribution in [2.75, 3.05) is 5.32 Å². The molecule has 0 unspecified atom stereocenters. The Labute approximate surface area is 192 Å². The van der Waals surface area contributed by atoms with E-state index in [4.69, 9.17) is 5.73 Å². The molecule has 3 N–H and O–H groups in total. The second-order valence-corrected chi connectivity index (χ2v) is 9.16. The maximum atomic E-state index is 13.1. The lowest BCUT2D eigenvalue weighted by atomic mass is 9.87. The second kappa shape index (κ2) is 8.54. The van der Waals surface area contributed by atoms with Gasteiger partial charge in [0.25, 0.3) is 11.8 Å². The first-order chi connectivity index (χ1) is 15.6. The highest BCUT2D eigenvalue weighted by Crippen LogP contribution is 2.26. The number of nitrogens with two attached hydrogens (primary N) is 1. The monoisotopic (exact) mass is 443 g/mol. The number of carbonyl (C=O) groups is 2. The van der Waals surface area contributed by atoms with Crippen LogP contribution >= 0.6 is 0 Å². The Bertz CT molecular complexity index is 1330. The summed E-state index contributed by atoms with van der Waals surface area (Å²) in [6.07, 6.45) is 0. The van der Waals surface area contributed by atoms with Gasteiger partial charge in [0.1, 0.15) is 11.5 Å². The lowest BCUT2D eigenvalue weighted by Gasteiger charge is -2.19. The molecular weight excluding hydrogens is 417 g/mol. The molecule has 5 nitrogen and oxygen atoms in total. The molecule has 0 saturated carbocycles. The molecule has 0 aliphatic heterocycles. The number of aromatic nitrogens is 1. The Morgan fingerprint density at radius 3 is 2.21 bits per heavy atom. The molecule has 1 aromatic heterocycles. The minimum absolute atomic E-state index is 0.0613. The molecule has 2 amide bonds. The summed E-state index contributed by atoms with van der Waals surface area (Å²) >= 11 is 0. The molecule has 0 aliphatic rings. The van der Waals surface area contributed by atoms with Crippen LogP contribution in [0.15, 0.2) is 72.8 Å². The highest BCUT2D eigenvalue weighted by molar-refractivity contribution is 6.05. The molecule has 33 heavy (non-hydrogen) atoms. The van der Waals surface area contributed by atoms with Crippen molar-refractivity contribution in [2.45, 2.75) is 32.7 Å². The molecule has 6 heteroatoms. The molecule has 0 radical (unpaired) electrons. The summed E-state index contributed by atoms with van der Waals surface area (Å²) in [5.74, 6) is -1.27. The van der Waals surface area contributed by atoms with Crippen molar-refractivity contribution in [1.82, 2.24) is 4.57 Å². The summed E-state index contributed by atoms with van der Waals surface area (Å²) in [5.41, 5.74) is 10.2. The van der Waals surface area contributed by atoms with E-state index in [0.29, 0.717) is 23.5 Å². The Balaban J connectivity index is 1.63. The fourth-order valence-electron chi connectivity index (χ4n) is 3.82. The van der Waals surface area contributed by atoms with Gasteiger partial charge in [-0.25, -0.2) is 4.39 Å². The smallest absolute Gasteiger partial charge is 0.265 e. The minimum Gasteiger partial charge on any atom is -0.364 e. The van der Waals surface area contributed by atoms with Gasteiger partial charge < -0.3 is 15.6 Å². The number of carbonyl (C=O) groups excluding carboxylic acids is 2. The number of hydrogen-bond acceptors (Lipinski definition) is 2.